The van der Waals surface area contributed by atoms with E-state index in [2.05, 4.69) is 0 Å². The largest absolute Gasteiger partial charge is 0.422 e. The first-order chi connectivity index (χ1) is 13.6. The molecular weight excluding hydrogens is 389 g/mol. The Kier molecular flexibility index (Phi) is 4.15. The molecule has 0 fully saturated rings. The molecule has 4 rings (SSSR count). The number of halogens is 3. The van der Waals surface area contributed by atoms with Gasteiger partial charge in [-0.15, -0.1) is 0 Å². The van der Waals surface area contributed by atoms with Crippen LogP contribution in [0.4, 0.5) is 13.2 Å². The molecule has 0 bridgehead atoms. The molecule has 4 aromatic rings. The molecule has 0 radical (unpaired) electrons. The van der Waals surface area contributed by atoms with Crippen LogP contribution in [0, 0.1) is 6.92 Å². The lowest BCUT2D eigenvalue weighted by atomic mass is 10.0. The number of fused-ring (bicyclic) bond motifs is 2. The molecule has 5 nitrogen and oxygen atoms in total. The SMILES string of the molecule is Cc1ccc2cc(C(=O)c3cc4ccc(C(F)(F)F)cc4oc3=O)c(=O)oc2c1. The zero-order valence-electron chi connectivity index (χ0n) is 14.8. The maximum atomic E-state index is 12.8. The Morgan fingerprint density at radius 3 is 1.86 bits per heavy atom. The predicted octanol–water partition coefficient (Wildman–Crippen LogP) is 4.46. The summed E-state index contributed by atoms with van der Waals surface area (Å²) in [6, 6.07) is 10.0. The summed E-state index contributed by atoms with van der Waals surface area (Å²) in [6.07, 6.45) is -4.61. The number of ketones is 1. The molecule has 0 N–H and O–H groups in total. The maximum Gasteiger partial charge on any atom is 0.416 e. The van der Waals surface area contributed by atoms with Crippen LogP contribution >= 0.6 is 0 Å². The Morgan fingerprint density at radius 1 is 0.793 bits per heavy atom. The Balaban J connectivity index is 1.85. The van der Waals surface area contributed by atoms with Gasteiger partial charge in [-0.25, -0.2) is 9.59 Å². The Hall–Kier alpha value is -3.68. The number of hydrogen-bond donors (Lipinski definition) is 0. The van der Waals surface area contributed by atoms with E-state index in [1.165, 1.54) is 6.07 Å². The summed E-state index contributed by atoms with van der Waals surface area (Å²) in [5.41, 5.74) is -3.09. The van der Waals surface area contributed by atoms with Gasteiger partial charge in [0.05, 0.1) is 5.56 Å². The number of rotatable bonds is 2. The molecule has 29 heavy (non-hydrogen) atoms. The van der Waals surface area contributed by atoms with Gasteiger partial charge in [0, 0.05) is 10.8 Å². The van der Waals surface area contributed by atoms with Crippen LogP contribution in [0.5, 0.6) is 0 Å². The summed E-state index contributed by atoms with van der Waals surface area (Å²) in [5.74, 6) is -0.934. The Labute approximate surface area is 160 Å². The molecule has 0 atom stereocenters. The number of carbonyl (C=O) groups is 1. The van der Waals surface area contributed by atoms with E-state index in [0.29, 0.717) is 11.5 Å². The second-order valence-electron chi connectivity index (χ2n) is 6.52. The first kappa shape index (κ1) is 18.7. The monoisotopic (exact) mass is 400 g/mol. The van der Waals surface area contributed by atoms with Crippen molar-refractivity contribution in [2.24, 2.45) is 0 Å². The molecule has 0 aliphatic carbocycles. The molecule has 0 aliphatic rings. The molecule has 0 saturated heterocycles. The molecule has 0 spiro atoms. The van der Waals surface area contributed by atoms with Crippen LogP contribution in [0.15, 0.2) is 67.0 Å². The smallest absolute Gasteiger partial charge is 0.416 e. The van der Waals surface area contributed by atoms with Crippen molar-refractivity contribution in [3.8, 4) is 0 Å². The lowest BCUT2D eigenvalue weighted by Crippen LogP contribution is -2.21. The zero-order chi connectivity index (χ0) is 20.9. The van der Waals surface area contributed by atoms with Crippen molar-refractivity contribution in [3.05, 3.63) is 91.6 Å². The molecule has 2 heterocycles. The third kappa shape index (κ3) is 3.33. The highest BCUT2D eigenvalue weighted by Gasteiger charge is 2.31. The molecule has 2 aromatic heterocycles. The maximum absolute atomic E-state index is 12.8. The van der Waals surface area contributed by atoms with Crippen molar-refractivity contribution in [2.45, 2.75) is 13.1 Å². The number of hydrogen-bond acceptors (Lipinski definition) is 5. The van der Waals surface area contributed by atoms with E-state index in [4.69, 9.17) is 8.83 Å². The highest BCUT2D eigenvalue weighted by atomic mass is 19.4. The standard InChI is InChI=1S/C21H11F3O5/c1-10-2-3-11-7-14(19(26)28-16(11)6-10)18(25)15-8-12-4-5-13(21(22,23)24)9-17(12)29-20(15)27/h2-9H,1H3. The van der Waals surface area contributed by atoms with Crippen LogP contribution < -0.4 is 11.3 Å². The molecular formula is C21H11F3O5. The van der Waals surface area contributed by atoms with Crippen molar-refractivity contribution < 1.29 is 26.8 Å². The van der Waals surface area contributed by atoms with Gasteiger partial charge in [-0.05, 0) is 42.8 Å². The highest BCUT2D eigenvalue weighted by Crippen LogP contribution is 2.31. The molecule has 0 amide bonds. The van der Waals surface area contributed by atoms with E-state index >= 15 is 0 Å². The fourth-order valence-corrected chi connectivity index (χ4v) is 2.97. The predicted molar refractivity (Wildman–Crippen MR) is 98.1 cm³/mol. The van der Waals surface area contributed by atoms with Crippen molar-refractivity contribution >= 4 is 27.7 Å². The fraction of sp³-hybridized carbons (Fsp3) is 0.0952. The van der Waals surface area contributed by atoms with Crippen molar-refractivity contribution in [2.75, 3.05) is 0 Å². The van der Waals surface area contributed by atoms with Gasteiger partial charge >= 0.3 is 17.4 Å². The number of alkyl halides is 3. The van der Waals surface area contributed by atoms with Crippen LogP contribution in [0.25, 0.3) is 21.9 Å². The quantitative estimate of drug-likeness (QED) is 0.367. The Bertz CT molecular complexity index is 1410. The molecule has 8 heteroatoms. The number of benzene rings is 2. The van der Waals surface area contributed by atoms with Gasteiger partial charge in [-0.1, -0.05) is 18.2 Å². The summed E-state index contributed by atoms with van der Waals surface area (Å²) in [5, 5.41) is 0.597. The Morgan fingerprint density at radius 2 is 1.31 bits per heavy atom. The number of carbonyl (C=O) groups excluding carboxylic acids is 1. The van der Waals surface area contributed by atoms with E-state index in [9.17, 15) is 27.6 Å². The second kappa shape index (κ2) is 6.44. The lowest BCUT2D eigenvalue weighted by Gasteiger charge is -2.07. The topological polar surface area (TPSA) is 77.5 Å². The van der Waals surface area contributed by atoms with Gasteiger partial charge in [-0.3, -0.25) is 4.79 Å². The van der Waals surface area contributed by atoms with E-state index in [1.54, 1.807) is 18.2 Å². The molecule has 146 valence electrons. The van der Waals surface area contributed by atoms with Gasteiger partial charge in [0.2, 0.25) is 5.78 Å². The molecule has 2 aromatic carbocycles. The fourth-order valence-electron chi connectivity index (χ4n) is 2.97. The van der Waals surface area contributed by atoms with Crippen LogP contribution in [0.3, 0.4) is 0 Å². The lowest BCUT2D eigenvalue weighted by molar-refractivity contribution is -0.137. The minimum atomic E-state index is -4.61. The summed E-state index contributed by atoms with van der Waals surface area (Å²) in [6.45, 7) is 1.81. The van der Waals surface area contributed by atoms with Crippen LogP contribution in [-0.2, 0) is 6.18 Å². The number of aryl methyl sites for hydroxylation is 1. The van der Waals surface area contributed by atoms with Crippen molar-refractivity contribution in [1.29, 1.82) is 0 Å². The second-order valence-corrected chi connectivity index (χ2v) is 6.52. The van der Waals surface area contributed by atoms with E-state index in [1.807, 2.05) is 6.92 Å². The van der Waals surface area contributed by atoms with Gasteiger partial charge in [-0.2, -0.15) is 13.2 Å². The zero-order valence-corrected chi connectivity index (χ0v) is 14.8. The van der Waals surface area contributed by atoms with Crippen LogP contribution in [0.1, 0.15) is 27.0 Å². The third-order valence-corrected chi connectivity index (χ3v) is 4.44. The molecule has 0 saturated carbocycles. The van der Waals surface area contributed by atoms with Gasteiger partial charge in [0.15, 0.2) is 0 Å². The first-order valence-corrected chi connectivity index (χ1v) is 8.38. The van der Waals surface area contributed by atoms with E-state index < -0.39 is 34.3 Å². The highest BCUT2D eigenvalue weighted by molar-refractivity contribution is 6.10. The van der Waals surface area contributed by atoms with Gasteiger partial charge in [0.1, 0.15) is 22.3 Å². The van der Waals surface area contributed by atoms with Crippen LogP contribution in [-0.4, -0.2) is 5.78 Å². The molecule has 0 unspecified atom stereocenters. The summed E-state index contributed by atoms with van der Waals surface area (Å²) in [7, 11) is 0. The van der Waals surface area contributed by atoms with E-state index in [0.717, 1.165) is 23.8 Å². The normalized spacial score (nSPS) is 11.9. The minimum absolute atomic E-state index is 0.113. The first-order valence-electron chi connectivity index (χ1n) is 8.38. The van der Waals surface area contributed by atoms with Gasteiger partial charge < -0.3 is 8.83 Å². The average molecular weight is 400 g/mol. The van der Waals surface area contributed by atoms with Crippen LogP contribution in [0.2, 0.25) is 0 Å². The summed E-state index contributed by atoms with van der Waals surface area (Å²) in [4.78, 5) is 37.2. The van der Waals surface area contributed by atoms with Crippen molar-refractivity contribution in [3.63, 3.8) is 0 Å². The third-order valence-electron chi connectivity index (χ3n) is 4.44. The summed E-state index contributed by atoms with van der Waals surface area (Å²) < 4.78 is 48.5. The summed E-state index contributed by atoms with van der Waals surface area (Å²) >= 11 is 0. The average Bonchev–Trinajstić information content (AvgIpc) is 2.65. The van der Waals surface area contributed by atoms with Crippen molar-refractivity contribution in [1.82, 2.24) is 0 Å². The van der Waals surface area contributed by atoms with E-state index in [-0.39, 0.29) is 22.1 Å². The minimum Gasteiger partial charge on any atom is -0.422 e. The van der Waals surface area contributed by atoms with Gasteiger partial charge in [0.25, 0.3) is 0 Å². The molecule has 0 aliphatic heterocycles.